The van der Waals surface area contributed by atoms with E-state index >= 15 is 0 Å². The van der Waals surface area contributed by atoms with Crippen molar-refractivity contribution < 1.29 is 9.53 Å². The van der Waals surface area contributed by atoms with E-state index < -0.39 is 0 Å². The Morgan fingerprint density at radius 3 is 2.56 bits per heavy atom. The number of hydrogen-bond acceptors (Lipinski definition) is 4. The number of unbranched alkanes of at least 4 members (excludes halogenated alkanes) is 1. The quantitative estimate of drug-likeness (QED) is 0.730. The molecule has 0 saturated carbocycles. The number of hydrogen-bond donors (Lipinski definition) is 1. The summed E-state index contributed by atoms with van der Waals surface area (Å²) < 4.78 is 5.45. The van der Waals surface area contributed by atoms with Gasteiger partial charge < -0.3 is 15.0 Å². The van der Waals surface area contributed by atoms with E-state index in [0.29, 0.717) is 24.5 Å². The van der Waals surface area contributed by atoms with Gasteiger partial charge in [0.2, 0.25) is 0 Å². The molecule has 2 rings (SSSR count). The minimum Gasteiger partial charge on any atom is -0.494 e. The van der Waals surface area contributed by atoms with Gasteiger partial charge in [-0.15, -0.1) is 0 Å². The summed E-state index contributed by atoms with van der Waals surface area (Å²) in [6.45, 7) is 8.18. The molecule has 5 nitrogen and oxygen atoms in total. The van der Waals surface area contributed by atoms with E-state index in [1.54, 1.807) is 12.3 Å². The maximum atomic E-state index is 12.9. The van der Waals surface area contributed by atoms with E-state index in [9.17, 15) is 4.79 Å². The van der Waals surface area contributed by atoms with Crippen LogP contribution in [0.2, 0.25) is 0 Å². The van der Waals surface area contributed by atoms with Crippen molar-refractivity contribution in [2.24, 2.45) is 0 Å². The largest absolute Gasteiger partial charge is 0.494 e. The van der Waals surface area contributed by atoms with Gasteiger partial charge in [0, 0.05) is 25.0 Å². The number of anilines is 2. The van der Waals surface area contributed by atoms with Crippen molar-refractivity contribution >= 4 is 17.4 Å². The summed E-state index contributed by atoms with van der Waals surface area (Å²) >= 11 is 0. The Kier molecular flexibility index (Phi) is 7.26. The van der Waals surface area contributed by atoms with E-state index in [0.717, 1.165) is 30.8 Å². The highest BCUT2D eigenvalue weighted by atomic mass is 16.5. The van der Waals surface area contributed by atoms with Crippen LogP contribution in [0.4, 0.5) is 11.5 Å². The zero-order valence-corrected chi connectivity index (χ0v) is 15.3. The summed E-state index contributed by atoms with van der Waals surface area (Å²) in [6, 6.07) is 11.3. The predicted molar refractivity (Wildman–Crippen MR) is 102 cm³/mol. The summed E-state index contributed by atoms with van der Waals surface area (Å²) in [5.74, 6) is 1.41. The molecule has 0 radical (unpaired) electrons. The first-order chi connectivity index (χ1) is 12.2. The fraction of sp³-hybridized carbons (Fsp3) is 0.400. The molecule has 0 unspecified atom stereocenters. The van der Waals surface area contributed by atoms with Gasteiger partial charge in [0.15, 0.2) is 0 Å². The number of nitrogens with zero attached hydrogens (tertiary/aromatic N) is 2. The lowest BCUT2D eigenvalue weighted by Gasteiger charge is -2.22. The summed E-state index contributed by atoms with van der Waals surface area (Å²) in [5.41, 5.74) is 1.46. The Labute approximate surface area is 150 Å². The van der Waals surface area contributed by atoms with E-state index in [1.807, 2.05) is 49.1 Å². The Hall–Kier alpha value is -2.56. The molecule has 1 aromatic heterocycles. The predicted octanol–water partition coefficient (Wildman–Crippen LogP) is 4.49. The van der Waals surface area contributed by atoms with Crippen LogP contribution in [0.5, 0.6) is 5.75 Å². The van der Waals surface area contributed by atoms with Gasteiger partial charge in [0.05, 0.1) is 12.2 Å². The van der Waals surface area contributed by atoms with E-state index in [4.69, 9.17) is 4.74 Å². The molecule has 0 saturated heterocycles. The lowest BCUT2D eigenvalue weighted by atomic mass is 10.2. The molecule has 1 amide bonds. The smallest absolute Gasteiger partial charge is 0.257 e. The second-order valence-electron chi connectivity index (χ2n) is 5.72. The number of ether oxygens (including phenoxy) is 1. The van der Waals surface area contributed by atoms with Gasteiger partial charge in [-0.1, -0.05) is 13.3 Å². The molecule has 1 aromatic carbocycles. The number of benzene rings is 1. The maximum absolute atomic E-state index is 12.9. The van der Waals surface area contributed by atoms with Crippen molar-refractivity contribution in [1.29, 1.82) is 0 Å². The second-order valence-corrected chi connectivity index (χ2v) is 5.72. The van der Waals surface area contributed by atoms with E-state index in [1.165, 1.54) is 0 Å². The fourth-order valence-electron chi connectivity index (χ4n) is 2.54. The highest BCUT2D eigenvalue weighted by Gasteiger charge is 2.18. The first kappa shape index (κ1) is 18.8. The topological polar surface area (TPSA) is 54.5 Å². The number of carbonyl (C=O) groups excluding carboxylic acids is 1. The molecule has 25 heavy (non-hydrogen) atoms. The number of pyridine rings is 1. The molecule has 0 aliphatic heterocycles. The Morgan fingerprint density at radius 2 is 1.92 bits per heavy atom. The normalized spacial score (nSPS) is 10.4. The summed E-state index contributed by atoms with van der Waals surface area (Å²) in [7, 11) is 0. The van der Waals surface area contributed by atoms with Crippen LogP contribution >= 0.6 is 0 Å². The Morgan fingerprint density at radius 1 is 1.16 bits per heavy atom. The van der Waals surface area contributed by atoms with E-state index in [2.05, 4.69) is 17.2 Å². The second kappa shape index (κ2) is 9.67. The van der Waals surface area contributed by atoms with Crippen LogP contribution in [0.25, 0.3) is 0 Å². The molecule has 0 bridgehead atoms. The van der Waals surface area contributed by atoms with Crippen molar-refractivity contribution in [3.8, 4) is 5.75 Å². The minimum atomic E-state index is 0.0116. The van der Waals surface area contributed by atoms with Crippen LogP contribution in [0, 0.1) is 0 Å². The number of amides is 1. The fourth-order valence-corrected chi connectivity index (χ4v) is 2.54. The number of nitrogens with one attached hydrogen (secondary N) is 1. The van der Waals surface area contributed by atoms with Gasteiger partial charge in [0.1, 0.15) is 11.6 Å². The zero-order valence-electron chi connectivity index (χ0n) is 15.3. The average molecular weight is 341 g/mol. The molecule has 1 heterocycles. The van der Waals surface area contributed by atoms with Gasteiger partial charge >= 0.3 is 0 Å². The lowest BCUT2D eigenvalue weighted by molar-refractivity contribution is 0.0763. The molecule has 0 aliphatic carbocycles. The first-order valence-corrected chi connectivity index (χ1v) is 8.93. The molecular formula is C20H27N3O2. The standard InChI is InChI=1S/C20H27N3O2/c1-4-7-15-23(5-2)20(24)18-9-8-14-21-19(18)22-16-10-12-17(13-11-16)25-6-3/h8-14H,4-7,15H2,1-3H3,(H,21,22). The van der Waals surface area contributed by atoms with Gasteiger partial charge in [-0.3, -0.25) is 4.79 Å². The molecule has 2 aromatic rings. The van der Waals surface area contributed by atoms with Crippen LogP contribution in [0.3, 0.4) is 0 Å². The minimum absolute atomic E-state index is 0.0116. The van der Waals surface area contributed by atoms with Crippen LogP contribution in [0.15, 0.2) is 42.6 Å². The molecular weight excluding hydrogens is 314 g/mol. The third-order valence-electron chi connectivity index (χ3n) is 3.92. The van der Waals surface area contributed by atoms with Gasteiger partial charge in [0.25, 0.3) is 5.91 Å². The zero-order chi connectivity index (χ0) is 18.1. The van der Waals surface area contributed by atoms with Crippen molar-refractivity contribution in [3.05, 3.63) is 48.2 Å². The number of aromatic nitrogens is 1. The van der Waals surface area contributed by atoms with Gasteiger partial charge in [-0.05, 0) is 56.7 Å². The van der Waals surface area contributed by atoms with Crippen molar-refractivity contribution in [2.75, 3.05) is 25.0 Å². The molecule has 0 fully saturated rings. The molecule has 0 atom stereocenters. The highest BCUT2D eigenvalue weighted by Crippen LogP contribution is 2.22. The summed E-state index contributed by atoms with van der Waals surface area (Å²) in [6.07, 6.45) is 3.76. The van der Waals surface area contributed by atoms with Crippen molar-refractivity contribution in [2.45, 2.75) is 33.6 Å². The average Bonchev–Trinajstić information content (AvgIpc) is 2.64. The molecule has 0 aliphatic rings. The SMILES string of the molecule is CCCCN(CC)C(=O)c1cccnc1Nc1ccc(OCC)cc1. The Bertz CT molecular complexity index is 671. The Balaban J connectivity index is 2.17. The molecule has 1 N–H and O–H groups in total. The van der Waals surface area contributed by atoms with Gasteiger partial charge in [-0.2, -0.15) is 0 Å². The van der Waals surface area contributed by atoms with Gasteiger partial charge in [-0.25, -0.2) is 4.98 Å². The molecule has 5 heteroatoms. The molecule has 0 spiro atoms. The summed E-state index contributed by atoms with van der Waals surface area (Å²) in [4.78, 5) is 19.1. The van der Waals surface area contributed by atoms with Crippen molar-refractivity contribution in [1.82, 2.24) is 9.88 Å². The highest BCUT2D eigenvalue weighted by molar-refractivity contribution is 5.99. The third kappa shape index (κ3) is 5.21. The summed E-state index contributed by atoms with van der Waals surface area (Å²) in [5, 5.41) is 3.24. The monoisotopic (exact) mass is 341 g/mol. The van der Waals surface area contributed by atoms with Crippen LogP contribution in [-0.4, -0.2) is 35.5 Å². The van der Waals surface area contributed by atoms with Crippen LogP contribution < -0.4 is 10.1 Å². The molecule has 134 valence electrons. The number of rotatable bonds is 9. The lowest BCUT2D eigenvalue weighted by Crippen LogP contribution is -2.32. The van der Waals surface area contributed by atoms with E-state index in [-0.39, 0.29) is 5.91 Å². The maximum Gasteiger partial charge on any atom is 0.257 e. The first-order valence-electron chi connectivity index (χ1n) is 8.93. The van der Waals surface area contributed by atoms with Crippen LogP contribution in [-0.2, 0) is 0 Å². The van der Waals surface area contributed by atoms with Crippen molar-refractivity contribution in [3.63, 3.8) is 0 Å². The van der Waals surface area contributed by atoms with Crippen LogP contribution in [0.1, 0.15) is 44.0 Å². The third-order valence-corrected chi connectivity index (χ3v) is 3.92. The number of carbonyl (C=O) groups is 1.